The molecule has 1 aromatic heterocycles. The molecule has 0 bridgehead atoms. The van der Waals surface area contributed by atoms with Crippen LogP contribution in [0, 0.1) is 17.3 Å². The minimum atomic E-state index is -3.01. The number of imidazole rings is 1. The van der Waals surface area contributed by atoms with Crippen LogP contribution in [0.1, 0.15) is 52.5 Å². The van der Waals surface area contributed by atoms with E-state index in [1.807, 2.05) is 30.3 Å². The molecule has 5 nitrogen and oxygen atoms in total. The molecule has 34 heavy (non-hydrogen) atoms. The zero-order valence-electron chi connectivity index (χ0n) is 20.8. The van der Waals surface area contributed by atoms with E-state index in [0.717, 1.165) is 49.3 Å². The molecule has 0 spiro atoms. The number of alkyl halides is 2. The first-order chi connectivity index (χ1) is 16.1. The van der Waals surface area contributed by atoms with Crippen molar-refractivity contribution in [3.8, 4) is 11.8 Å². The molecule has 1 atom stereocenters. The molecule has 2 aromatic rings. The average Bonchev–Trinajstić information content (AvgIpc) is 3.17. The summed E-state index contributed by atoms with van der Waals surface area (Å²) >= 11 is 0. The van der Waals surface area contributed by atoms with Gasteiger partial charge >= 0.3 is 0 Å². The molecule has 1 fully saturated rings. The third-order valence-electron chi connectivity index (χ3n) is 6.34. The number of rotatable bonds is 5. The minimum absolute atomic E-state index is 0.0273. The van der Waals surface area contributed by atoms with Gasteiger partial charge in [0.25, 0.3) is 5.92 Å². The van der Waals surface area contributed by atoms with E-state index < -0.39 is 5.92 Å². The Balaban J connectivity index is 1.78. The quantitative estimate of drug-likeness (QED) is 0.398. The molecular weight excluding hydrogens is 434 g/mol. The molecule has 0 radical (unpaired) electrons. The fraction of sp³-hybridized carbons (Fsp3) is 0.481. The van der Waals surface area contributed by atoms with E-state index in [1.54, 1.807) is 6.92 Å². The van der Waals surface area contributed by atoms with Gasteiger partial charge in [0.15, 0.2) is 5.88 Å². The van der Waals surface area contributed by atoms with Gasteiger partial charge < -0.3 is 14.2 Å². The van der Waals surface area contributed by atoms with Gasteiger partial charge in [-0.15, -0.1) is 5.92 Å². The van der Waals surface area contributed by atoms with Crippen LogP contribution < -0.4 is 0 Å². The van der Waals surface area contributed by atoms with Gasteiger partial charge in [0, 0.05) is 38.3 Å². The van der Waals surface area contributed by atoms with Crippen LogP contribution in [0.2, 0.25) is 0 Å². The second-order valence-electron chi connectivity index (χ2n) is 9.29. The van der Waals surface area contributed by atoms with Gasteiger partial charge in [0.2, 0.25) is 0 Å². The molecule has 0 N–H and O–H groups in total. The van der Waals surface area contributed by atoms with Crippen LogP contribution >= 0.6 is 0 Å². The molecule has 1 saturated heterocycles. The lowest BCUT2D eigenvalue weighted by Crippen LogP contribution is -2.27. The maximum atomic E-state index is 13.8. The number of aliphatic imine (C=N–C) groups is 1. The first-order valence-electron chi connectivity index (χ1n) is 11.6. The summed E-state index contributed by atoms with van der Waals surface area (Å²) in [5.74, 6) is 3.53. The second kappa shape index (κ2) is 10.4. The molecule has 1 aromatic carbocycles. The second-order valence-corrected chi connectivity index (χ2v) is 9.29. The number of benzene rings is 1. The maximum absolute atomic E-state index is 13.8. The lowest BCUT2D eigenvalue weighted by Gasteiger charge is -2.29. The molecule has 0 saturated carbocycles. The number of allylic oxidation sites excluding steroid dienone is 2. The van der Waals surface area contributed by atoms with Gasteiger partial charge in [0.05, 0.1) is 24.0 Å². The van der Waals surface area contributed by atoms with E-state index >= 15 is 0 Å². The minimum Gasteiger partial charge on any atom is -0.479 e. The van der Waals surface area contributed by atoms with Crippen LogP contribution in [0.5, 0.6) is 0 Å². The van der Waals surface area contributed by atoms with Crippen molar-refractivity contribution >= 4 is 16.7 Å². The number of nitrogens with zero attached hydrogens (tertiary/aromatic N) is 4. The Morgan fingerprint density at radius 2 is 2.15 bits per heavy atom. The highest BCUT2D eigenvalue weighted by molar-refractivity contribution is 6.00. The Morgan fingerprint density at radius 1 is 1.38 bits per heavy atom. The summed E-state index contributed by atoms with van der Waals surface area (Å²) in [6, 6.07) is 6.08. The van der Waals surface area contributed by atoms with Gasteiger partial charge in [-0.25, -0.2) is 4.98 Å². The lowest BCUT2D eigenvalue weighted by atomic mass is 9.82. The molecule has 1 aliphatic heterocycles. The summed E-state index contributed by atoms with van der Waals surface area (Å²) in [6.07, 6.45) is 5.96. The van der Waals surface area contributed by atoms with E-state index in [1.165, 1.54) is 13.1 Å². The predicted octanol–water partition coefficient (Wildman–Crippen LogP) is 6.02. The molecule has 2 heterocycles. The summed E-state index contributed by atoms with van der Waals surface area (Å²) in [4.78, 5) is 10.2. The summed E-state index contributed by atoms with van der Waals surface area (Å²) in [6.45, 7) is 12.7. The van der Waals surface area contributed by atoms with E-state index in [-0.39, 0.29) is 11.1 Å². The Bertz CT molecular complexity index is 1160. The Hall–Kier alpha value is -3.14. The van der Waals surface area contributed by atoms with E-state index in [0.29, 0.717) is 24.7 Å². The molecule has 0 amide bonds. The third kappa shape index (κ3) is 6.05. The summed E-state index contributed by atoms with van der Waals surface area (Å²) in [7, 11) is 1.38. The molecule has 7 heteroatoms. The van der Waals surface area contributed by atoms with E-state index in [9.17, 15) is 8.78 Å². The highest BCUT2D eigenvalue weighted by Crippen LogP contribution is 2.34. The smallest absolute Gasteiger partial charge is 0.286 e. The van der Waals surface area contributed by atoms with Gasteiger partial charge in [0.1, 0.15) is 5.71 Å². The topological polar surface area (TPSA) is 42.6 Å². The number of halogens is 2. The van der Waals surface area contributed by atoms with Crippen LogP contribution in [0.15, 0.2) is 53.8 Å². The number of aromatic nitrogens is 2. The van der Waals surface area contributed by atoms with Gasteiger partial charge in [-0.3, -0.25) is 4.99 Å². The fourth-order valence-corrected chi connectivity index (χ4v) is 4.42. The molecule has 0 aliphatic carbocycles. The number of hydrogen-bond donors (Lipinski definition) is 0. The fourth-order valence-electron chi connectivity index (χ4n) is 4.42. The summed E-state index contributed by atoms with van der Waals surface area (Å²) in [5.41, 5.74) is 3.34. The van der Waals surface area contributed by atoms with Crippen molar-refractivity contribution in [1.82, 2.24) is 14.5 Å². The average molecular weight is 469 g/mol. The van der Waals surface area contributed by atoms with Gasteiger partial charge in [-0.2, -0.15) is 8.78 Å². The van der Waals surface area contributed by atoms with Crippen molar-refractivity contribution in [3.63, 3.8) is 0 Å². The normalized spacial score (nSPS) is 20.8. The lowest BCUT2D eigenvalue weighted by molar-refractivity contribution is 0.100. The monoisotopic (exact) mass is 468 g/mol. The van der Waals surface area contributed by atoms with Gasteiger partial charge in [-0.05, 0) is 69.4 Å². The summed E-state index contributed by atoms with van der Waals surface area (Å²) < 4.78 is 35.8. The van der Waals surface area contributed by atoms with Crippen molar-refractivity contribution < 1.29 is 13.5 Å². The van der Waals surface area contributed by atoms with Crippen molar-refractivity contribution in [3.05, 3.63) is 54.3 Å². The maximum Gasteiger partial charge on any atom is 0.286 e. The van der Waals surface area contributed by atoms with Crippen LogP contribution in [0.3, 0.4) is 0 Å². The number of hydrogen-bond acceptors (Lipinski definition) is 4. The van der Waals surface area contributed by atoms with E-state index in [2.05, 4.69) is 46.0 Å². The molecule has 1 aliphatic rings. The number of fused-ring (bicyclic) bond motifs is 1. The Morgan fingerprint density at radius 3 is 2.82 bits per heavy atom. The van der Waals surface area contributed by atoms with Crippen molar-refractivity contribution in [2.75, 3.05) is 20.2 Å². The van der Waals surface area contributed by atoms with Gasteiger partial charge in [-0.1, -0.05) is 12.8 Å². The molecule has 1 unspecified atom stereocenters. The number of ether oxygens (including phenoxy) is 1. The first-order valence-corrected chi connectivity index (χ1v) is 11.6. The van der Waals surface area contributed by atoms with Crippen LogP contribution in [-0.2, 0) is 11.3 Å². The zero-order valence-corrected chi connectivity index (χ0v) is 20.8. The Kier molecular flexibility index (Phi) is 7.81. The Labute approximate surface area is 201 Å². The predicted molar refractivity (Wildman–Crippen MR) is 134 cm³/mol. The van der Waals surface area contributed by atoms with Crippen molar-refractivity contribution in [1.29, 1.82) is 0 Å². The highest BCUT2D eigenvalue weighted by Gasteiger charge is 2.30. The third-order valence-corrected chi connectivity index (χ3v) is 6.34. The summed E-state index contributed by atoms with van der Waals surface area (Å²) in [5, 5.41) is 0. The SMILES string of the molecule is C=C1OCCC(C)(Cn2cnc3ccc(C#CC)cc32)CCCN1/C(C)=C/C(=N\C)C(C)(F)F. The van der Waals surface area contributed by atoms with E-state index in [4.69, 9.17) is 4.74 Å². The van der Waals surface area contributed by atoms with Crippen LogP contribution in [0.25, 0.3) is 11.0 Å². The highest BCUT2D eigenvalue weighted by atomic mass is 19.3. The van der Waals surface area contributed by atoms with Crippen molar-refractivity contribution in [2.24, 2.45) is 10.4 Å². The first kappa shape index (κ1) is 25.5. The van der Waals surface area contributed by atoms with Crippen molar-refractivity contribution in [2.45, 2.75) is 59.4 Å². The molecule has 3 rings (SSSR count). The standard InChI is InChI=1S/C27H34F2N4O/c1-7-9-22-10-11-23-24(17-22)32(19-31-23)18-26(4)12-8-14-33(21(3)34-15-13-26)20(2)16-25(30-6)27(5,28)29/h10-11,16-17,19H,3,8,12-15,18H2,1-2,4-6H3/b20-16+,30-25+. The molecule has 182 valence electrons. The van der Waals surface area contributed by atoms with Crippen LogP contribution in [-0.4, -0.2) is 46.3 Å². The zero-order chi connectivity index (χ0) is 24.9. The largest absolute Gasteiger partial charge is 0.479 e. The molecular formula is C27H34F2N4O. The van der Waals surface area contributed by atoms with Crippen LogP contribution in [0.4, 0.5) is 8.78 Å².